The Hall–Kier alpha value is -2.99. The number of hydrogen-bond donors (Lipinski definition) is 1. The summed E-state index contributed by atoms with van der Waals surface area (Å²) in [6.45, 7) is 4.54. The van der Waals surface area contributed by atoms with Gasteiger partial charge in [0.25, 0.3) is 11.5 Å². The number of carbonyl (C=O) groups excluding carboxylic acids is 1. The predicted molar refractivity (Wildman–Crippen MR) is 109 cm³/mol. The van der Waals surface area contributed by atoms with Crippen LogP contribution in [0.5, 0.6) is 0 Å². The molecule has 4 rings (SSSR count). The molecule has 0 fully saturated rings. The van der Waals surface area contributed by atoms with Crippen molar-refractivity contribution in [3.8, 4) is 0 Å². The molecular weight excluding hydrogens is 352 g/mol. The minimum Gasteiger partial charge on any atom is -0.347 e. The Kier molecular flexibility index (Phi) is 4.96. The van der Waals surface area contributed by atoms with Crippen LogP contribution in [-0.4, -0.2) is 39.5 Å². The highest BCUT2D eigenvalue weighted by molar-refractivity contribution is 5.94. The first-order valence-corrected chi connectivity index (χ1v) is 9.58. The molecule has 1 aromatic heterocycles. The normalized spacial score (nSPS) is 15.2. The summed E-state index contributed by atoms with van der Waals surface area (Å²) in [4.78, 5) is 31.9. The van der Waals surface area contributed by atoms with Crippen molar-refractivity contribution in [3.63, 3.8) is 0 Å². The van der Waals surface area contributed by atoms with E-state index in [0.29, 0.717) is 11.0 Å². The Balaban J connectivity index is 1.46. The first-order chi connectivity index (χ1) is 13.5. The molecule has 0 bridgehead atoms. The predicted octanol–water partition coefficient (Wildman–Crippen LogP) is 2.11. The lowest BCUT2D eigenvalue weighted by atomic mass is 10.00. The lowest BCUT2D eigenvalue weighted by Gasteiger charge is -2.31. The average Bonchev–Trinajstić information content (AvgIpc) is 2.70. The fraction of sp³-hybridized carbons (Fsp3) is 0.318. The van der Waals surface area contributed by atoms with Crippen molar-refractivity contribution in [2.45, 2.75) is 25.9 Å². The highest BCUT2D eigenvalue weighted by atomic mass is 16.2. The number of hydrogen-bond acceptors (Lipinski definition) is 4. The summed E-state index contributed by atoms with van der Waals surface area (Å²) < 4.78 is 1.48. The molecule has 6 nitrogen and oxygen atoms in total. The van der Waals surface area contributed by atoms with Crippen LogP contribution in [0.4, 0.5) is 0 Å². The van der Waals surface area contributed by atoms with E-state index in [1.54, 1.807) is 13.1 Å². The lowest BCUT2D eigenvalue weighted by molar-refractivity contribution is 0.0920. The number of amides is 1. The van der Waals surface area contributed by atoms with Gasteiger partial charge in [0.05, 0.1) is 11.0 Å². The van der Waals surface area contributed by atoms with Gasteiger partial charge in [-0.05, 0) is 36.6 Å². The van der Waals surface area contributed by atoms with E-state index in [-0.39, 0.29) is 17.3 Å². The van der Waals surface area contributed by atoms with Gasteiger partial charge in [0.2, 0.25) is 0 Å². The van der Waals surface area contributed by atoms with Crippen molar-refractivity contribution in [3.05, 3.63) is 75.7 Å². The van der Waals surface area contributed by atoms with Crippen LogP contribution < -0.4 is 10.9 Å². The van der Waals surface area contributed by atoms with Crippen LogP contribution in [0.15, 0.2) is 53.3 Å². The monoisotopic (exact) mass is 376 g/mol. The van der Waals surface area contributed by atoms with Gasteiger partial charge in [-0.2, -0.15) is 0 Å². The molecule has 3 aromatic rings. The number of rotatable bonds is 4. The van der Waals surface area contributed by atoms with Crippen LogP contribution in [0.1, 0.15) is 28.5 Å². The third-order valence-electron chi connectivity index (χ3n) is 5.32. The third-order valence-corrected chi connectivity index (χ3v) is 5.32. The second-order valence-electron chi connectivity index (χ2n) is 7.44. The van der Waals surface area contributed by atoms with E-state index in [1.807, 2.05) is 25.1 Å². The van der Waals surface area contributed by atoms with E-state index in [9.17, 15) is 9.59 Å². The molecule has 1 atom stereocenters. The molecule has 144 valence electrons. The molecule has 1 N–H and O–H groups in total. The Bertz CT molecular complexity index is 1090. The summed E-state index contributed by atoms with van der Waals surface area (Å²) in [6, 6.07) is 15.7. The maximum absolute atomic E-state index is 12.7. The zero-order valence-corrected chi connectivity index (χ0v) is 16.2. The molecular formula is C22H24N4O2. The average molecular weight is 376 g/mol. The topological polar surface area (TPSA) is 67.2 Å². The highest BCUT2D eigenvalue weighted by Gasteiger charge is 2.21. The Labute approximate surface area is 163 Å². The van der Waals surface area contributed by atoms with Gasteiger partial charge in [-0.1, -0.05) is 36.4 Å². The molecule has 28 heavy (non-hydrogen) atoms. The van der Waals surface area contributed by atoms with Crippen LogP contribution in [0.3, 0.4) is 0 Å². The van der Waals surface area contributed by atoms with E-state index in [2.05, 4.69) is 39.5 Å². The number of para-hydroxylation sites is 2. The molecule has 1 aliphatic heterocycles. The van der Waals surface area contributed by atoms with Gasteiger partial charge in [0, 0.05) is 32.7 Å². The number of nitrogens with zero attached hydrogens (tertiary/aromatic N) is 3. The minimum atomic E-state index is -0.420. The number of fused-ring (bicyclic) bond motifs is 2. The maximum atomic E-state index is 12.7. The van der Waals surface area contributed by atoms with Crippen LogP contribution in [0.25, 0.3) is 11.0 Å². The Morgan fingerprint density at radius 2 is 1.86 bits per heavy atom. The smallest absolute Gasteiger partial charge is 0.282 e. The summed E-state index contributed by atoms with van der Waals surface area (Å²) in [7, 11) is 1.66. The molecule has 0 unspecified atom stereocenters. The van der Waals surface area contributed by atoms with E-state index >= 15 is 0 Å². The van der Waals surface area contributed by atoms with Crippen molar-refractivity contribution in [1.29, 1.82) is 0 Å². The minimum absolute atomic E-state index is 0.0583. The van der Waals surface area contributed by atoms with Gasteiger partial charge in [0.1, 0.15) is 0 Å². The van der Waals surface area contributed by atoms with Crippen molar-refractivity contribution >= 4 is 16.9 Å². The second-order valence-corrected chi connectivity index (χ2v) is 7.44. The first kappa shape index (κ1) is 18.4. The number of aryl methyl sites for hydroxylation is 1. The quantitative estimate of drug-likeness (QED) is 0.757. The fourth-order valence-electron chi connectivity index (χ4n) is 3.86. The fourth-order valence-corrected chi connectivity index (χ4v) is 3.86. The van der Waals surface area contributed by atoms with E-state index in [0.717, 1.165) is 26.1 Å². The Morgan fingerprint density at radius 3 is 2.68 bits per heavy atom. The maximum Gasteiger partial charge on any atom is 0.282 e. The summed E-state index contributed by atoms with van der Waals surface area (Å²) in [5.41, 5.74) is 3.66. The summed E-state index contributed by atoms with van der Waals surface area (Å²) in [5, 5.41) is 2.94. The van der Waals surface area contributed by atoms with Crippen LogP contribution in [-0.2, 0) is 20.0 Å². The van der Waals surface area contributed by atoms with Crippen molar-refractivity contribution in [1.82, 2.24) is 19.8 Å². The van der Waals surface area contributed by atoms with Crippen molar-refractivity contribution in [2.24, 2.45) is 7.05 Å². The number of benzene rings is 2. The largest absolute Gasteiger partial charge is 0.347 e. The summed E-state index contributed by atoms with van der Waals surface area (Å²) in [6.07, 6.45) is 1.02. The molecule has 2 heterocycles. The Morgan fingerprint density at radius 1 is 1.14 bits per heavy atom. The van der Waals surface area contributed by atoms with Gasteiger partial charge in [-0.15, -0.1) is 0 Å². The number of nitrogens with one attached hydrogen (secondary N) is 1. The summed E-state index contributed by atoms with van der Waals surface area (Å²) >= 11 is 0. The van der Waals surface area contributed by atoms with Gasteiger partial charge >= 0.3 is 0 Å². The van der Waals surface area contributed by atoms with E-state index < -0.39 is 5.91 Å². The van der Waals surface area contributed by atoms with Gasteiger partial charge in [-0.25, -0.2) is 4.98 Å². The third kappa shape index (κ3) is 3.55. The molecule has 0 spiro atoms. The standard InChI is InChI=1S/C22H24N4O2/c1-15(13-26-12-11-16-7-3-4-8-17(16)14-26)23-21(27)20-22(28)25(2)19-10-6-5-9-18(19)24-20/h3-10,15H,11-14H2,1-2H3,(H,23,27)/t15-/m0/s1. The first-order valence-electron chi connectivity index (χ1n) is 9.58. The molecule has 1 amide bonds. The second kappa shape index (κ2) is 7.56. The zero-order chi connectivity index (χ0) is 19.7. The van der Waals surface area contributed by atoms with Crippen LogP contribution in [0, 0.1) is 0 Å². The molecule has 6 heteroatoms. The van der Waals surface area contributed by atoms with Crippen LogP contribution >= 0.6 is 0 Å². The SMILES string of the molecule is C[C@@H](CN1CCc2ccccc2C1)NC(=O)c1nc2ccccc2n(C)c1=O. The van der Waals surface area contributed by atoms with Crippen molar-refractivity contribution in [2.75, 3.05) is 13.1 Å². The highest BCUT2D eigenvalue weighted by Crippen LogP contribution is 2.18. The van der Waals surface area contributed by atoms with Crippen molar-refractivity contribution < 1.29 is 4.79 Å². The zero-order valence-electron chi connectivity index (χ0n) is 16.2. The van der Waals surface area contributed by atoms with Crippen LogP contribution in [0.2, 0.25) is 0 Å². The molecule has 2 aromatic carbocycles. The molecule has 0 radical (unpaired) electrons. The van der Waals surface area contributed by atoms with E-state index in [1.165, 1.54) is 15.7 Å². The van der Waals surface area contributed by atoms with Gasteiger partial charge < -0.3 is 9.88 Å². The molecule has 0 saturated heterocycles. The van der Waals surface area contributed by atoms with Gasteiger partial charge in [0.15, 0.2) is 5.69 Å². The van der Waals surface area contributed by atoms with Gasteiger partial charge in [-0.3, -0.25) is 14.5 Å². The summed E-state index contributed by atoms with van der Waals surface area (Å²) in [5.74, 6) is -0.420. The molecule has 1 aliphatic rings. The lowest BCUT2D eigenvalue weighted by Crippen LogP contribution is -2.45. The number of carbonyl (C=O) groups is 1. The van der Waals surface area contributed by atoms with E-state index in [4.69, 9.17) is 0 Å². The molecule has 0 saturated carbocycles. The molecule has 0 aliphatic carbocycles. The number of aromatic nitrogens is 2.